The lowest BCUT2D eigenvalue weighted by Crippen LogP contribution is -2.49. The van der Waals surface area contributed by atoms with Crippen LogP contribution in [0.15, 0.2) is 24.3 Å². The van der Waals surface area contributed by atoms with Crippen molar-refractivity contribution in [2.45, 2.75) is 65.6 Å². The number of benzene rings is 1. The standard InChI is InChI=1S/C21H31FN2O3/c1-15(2)24(13-16-8-6-10-18(22)12-16)19(25)17-9-7-11-23(14-17)20(26)27-21(3,4)5/h6,8,10,12,15,17H,7,9,11,13-14H2,1-5H3/t17-/m0/s1. The number of piperidine rings is 1. The van der Waals surface area contributed by atoms with Crippen molar-refractivity contribution in [1.29, 1.82) is 0 Å². The molecule has 5 nitrogen and oxygen atoms in total. The van der Waals surface area contributed by atoms with Gasteiger partial charge in [-0.2, -0.15) is 0 Å². The minimum Gasteiger partial charge on any atom is -0.444 e. The first-order chi connectivity index (χ1) is 12.6. The van der Waals surface area contributed by atoms with E-state index in [9.17, 15) is 14.0 Å². The summed E-state index contributed by atoms with van der Waals surface area (Å²) in [4.78, 5) is 28.9. The number of likely N-dealkylation sites (tertiary alicyclic amines) is 1. The Hall–Kier alpha value is -2.11. The largest absolute Gasteiger partial charge is 0.444 e. The molecule has 150 valence electrons. The van der Waals surface area contributed by atoms with Crippen molar-refractivity contribution in [3.8, 4) is 0 Å². The monoisotopic (exact) mass is 378 g/mol. The van der Waals surface area contributed by atoms with E-state index in [1.807, 2.05) is 40.7 Å². The molecule has 1 aliphatic heterocycles. The molecule has 1 aromatic carbocycles. The van der Waals surface area contributed by atoms with E-state index in [2.05, 4.69) is 0 Å². The van der Waals surface area contributed by atoms with Crippen LogP contribution in [0.4, 0.5) is 9.18 Å². The molecule has 0 unspecified atom stereocenters. The average molecular weight is 378 g/mol. The third-order valence-electron chi connectivity index (χ3n) is 4.57. The van der Waals surface area contributed by atoms with Crippen LogP contribution in [0.25, 0.3) is 0 Å². The smallest absolute Gasteiger partial charge is 0.410 e. The van der Waals surface area contributed by atoms with Gasteiger partial charge in [0.2, 0.25) is 5.91 Å². The van der Waals surface area contributed by atoms with Gasteiger partial charge in [0.15, 0.2) is 0 Å². The molecule has 1 fully saturated rings. The van der Waals surface area contributed by atoms with Crippen molar-refractivity contribution in [2.24, 2.45) is 5.92 Å². The van der Waals surface area contributed by atoms with Crippen molar-refractivity contribution in [1.82, 2.24) is 9.80 Å². The lowest BCUT2D eigenvalue weighted by atomic mass is 9.96. The zero-order chi connectivity index (χ0) is 20.2. The molecule has 2 amide bonds. The Balaban J connectivity index is 2.07. The van der Waals surface area contributed by atoms with E-state index in [0.29, 0.717) is 19.6 Å². The second kappa shape index (κ2) is 8.72. The van der Waals surface area contributed by atoms with Crippen LogP contribution < -0.4 is 0 Å². The van der Waals surface area contributed by atoms with Gasteiger partial charge in [-0.3, -0.25) is 4.79 Å². The second-order valence-corrected chi connectivity index (χ2v) is 8.46. The number of carbonyl (C=O) groups excluding carboxylic acids is 2. The minimum absolute atomic E-state index is 0.00233. The number of halogens is 1. The van der Waals surface area contributed by atoms with Crippen LogP contribution >= 0.6 is 0 Å². The van der Waals surface area contributed by atoms with E-state index < -0.39 is 5.60 Å². The number of amides is 2. The molecule has 0 spiro atoms. The van der Waals surface area contributed by atoms with Gasteiger partial charge in [-0.05, 0) is 65.2 Å². The van der Waals surface area contributed by atoms with Gasteiger partial charge in [0.25, 0.3) is 0 Å². The highest BCUT2D eigenvalue weighted by atomic mass is 19.1. The van der Waals surface area contributed by atoms with Crippen molar-refractivity contribution < 1.29 is 18.7 Å². The van der Waals surface area contributed by atoms with Gasteiger partial charge < -0.3 is 14.5 Å². The third-order valence-corrected chi connectivity index (χ3v) is 4.57. The van der Waals surface area contributed by atoms with Crippen LogP contribution in [0.2, 0.25) is 0 Å². The highest BCUT2D eigenvalue weighted by Gasteiger charge is 2.33. The van der Waals surface area contributed by atoms with E-state index in [1.54, 1.807) is 15.9 Å². The Labute approximate surface area is 161 Å². The molecule has 6 heteroatoms. The van der Waals surface area contributed by atoms with Gasteiger partial charge in [0, 0.05) is 25.7 Å². The predicted molar refractivity (Wildman–Crippen MR) is 103 cm³/mol. The van der Waals surface area contributed by atoms with Gasteiger partial charge in [0.1, 0.15) is 11.4 Å². The van der Waals surface area contributed by atoms with Crippen LogP contribution in [-0.2, 0) is 16.1 Å². The topological polar surface area (TPSA) is 49.9 Å². The van der Waals surface area contributed by atoms with E-state index in [4.69, 9.17) is 4.74 Å². The zero-order valence-corrected chi connectivity index (χ0v) is 17.0. The first kappa shape index (κ1) is 21.2. The zero-order valence-electron chi connectivity index (χ0n) is 17.0. The van der Waals surface area contributed by atoms with Crippen LogP contribution in [0.5, 0.6) is 0 Å². The number of rotatable bonds is 4. The fourth-order valence-electron chi connectivity index (χ4n) is 3.25. The predicted octanol–water partition coefficient (Wildman–Crippen LogP) is 4.21. The van der Waals surface area contributed by atoms with Gasteiger partial charge >= 0.3 is 6.09 Å². The molecule has 27 heavy (non-hydrogen) atoms. The third kappa shape index (κ3) is 6.22. The van der Waals surface area contributed by atoms with Crippen LogP contribution in [-0.4, -0.2) is 46.5 Å². The van der Waals surface area contributed by atoms with Gasteiger partial charge in [-0.15, -0.1) is 0 Å². The maximum absolute atomic E-state index is 13.5. The Kier molecular flexibility index (Phi) is 6.84. The number of carbonyl (C=O) groups is 2. The molecule has 0 radical (unpaired) electrons. The quantitative estimate of drug-likeness (QED) is 0.789. The van der Waals surface area contributed by atoms with E-state index in [0.717, 1.165) is 18.4 Å². The highest BCUT2D eigenvalue weighted by Crippen LogP contribution is 2.23. The maximum atomic E-state index is 13.5. The molecule has 0 aliphatic carbocycles. The van der Waals surface area contributed by atoms with Gasteiger partial charge in [-0.1, -0.05) is 12.1 Å². The first-order valence-electron chi connectivity index (χ1n) is 9.59. The average Bonchev–Trinajstić information content (AvgIpc) is 2.57. The Bertz CT molecular complexity index is 670. The molecule has 0 aromatic heterocycles. The van der Waals surface area contributed by atoms with E-state index >= 15 is 0 Å². The highest BCUT2D eigenvalue weighted by molar-refractivity contribution is 5.80. The number of ether oxygens (including phenoxy) is 1. The SMILES string of the molecule is CC(C)N(Cc1cccc(F)c1)C(=O)[C@H]1CCCN(C(=O)OC(C)(C)C)C1. The molecule has 0 saturated carbocycles. The lowest BCUT2D eigenvalue weighted by molar-refractivity contribution is -0.139. The van der Waals surface area contributed by atoms with E-state index in [-0.39, 0.29) is 29.8 Å². The first-order valence-corrected chi connectivity index (χ1v) is 9.59. The molecule has 1 aliphatic rings. The van der Waals surface area contributed by atoms with Crippen molar-refractivity contribution in [3.63, 3.8) is 0 Å². The summed E-state index contributed by atoms with van der Waals surface area (Å²) in [7, 11) is 0. The Morgan fingerprint density at radius 3 is 2.63 bits per heavy atom. The van der Waals surface area contributed by atoms with E-state index in [1.165, 1.54) is 12.1 Å². The summed E-state index contributed by atoms with van der Waals surface area (Å²) in [6, 6.07) is 6.30. The molecule has 0 bridgehead atoms. The second-order valence-electron chi connectivity index (χ2n) is 8.46. The lowest BCUT2D eigenvalue weighted by Gasteiger charge is -2.37. The van der Waals surface area contributed by atoms with Crippen LogP contribution in [0.3, 0.4) is 0 Å². The Morgan fingerprint density at radius 1 is 1.33 bits per heavy atom. The normalized spacial score (nSPS) is 17.7. The fraction of sp³-hybridized carbons (Fsp3) is 0.619. The number of nitrogens with zero attached hydrogens (tertiary/aromatic N) is 2. The minimum atomic E-state index is -0.560. The summed E-state index contributed by atoms with van der Waals surface area (Å²) in [6.45, 7) is 10.7. The molecular weight excluding hydrogens is 347 g/mol. The molecule has 1 aromatic rings. The summed E-state index contributed by atoms with van der Waals surface area (Å²) >= 11 is 0. The Morgan fingerprint density at radius 2 is 2.04 bits per heavy atom. The van der Waals surface area contributed by atoms with Crippen molar-refractivity contribution in [3.05, 3.63) is 35.6 Å². The summed E-state index contributed by atoms with van der Waals surface area (Å²) < 4.78 is 18.9. The fourth-order valence-corrected chi connectivity index (χ4v) is 3.25. The summed E-state index contributed by atoms with van der Waals surface area (Å²) in [6.07, 6.45) is 1.13. The molecule has 1 saturated heterocycles. The molecule has 0 N–H and O–H groups in total. The molecule has 1 atom stereocenters. The summed E-state index contributed by atoms with van der Waals surface area (Å²) in [5.41, 5.74) is 0.201. The summed E-state index contributed by atoms with van der Waals surface area (Å²) in [5, 5.41) is 0. The van der Waals surface area contributed by atoms with Crippen molar-refractivity contribution >= 4 is 12.0 Å². The summed E-state index contributed by atoms with van der Waals surface area (Å²) in [5.74, 6) is -0.567. The number of hydrogen-bond acceptors (Lipinski definition) is 3. The van der Waals surface area contributed by atoms with Crippen LogP contribution in [0, 0.1) is 11.7 Å². The van der Waals surface area contributed by atoms with Gasteiger partial charge in [-0.25, -0.2) is 9.18 Å². The van der Waals surface area contributed by atoms with Gasteiger partial charge in [0.05, 0.1) is 5.92 Å². The molecular formula is C21H31FN2O3. The number of hydrogen-bond donors (Lipinski definition) is 0. The molecule has 2 rings (SSSR count). The maximum Gasteiger partial charge on any atom is 0.410 e. The molecule has 1 heterocycles. The van der Waals surface area contributed by atoms with Crippen LogP contribution in [0.1, 0.15) is 53.0 Å². The van der Waals surface area contributed by atoms with Crippen molar-refractivity contribution in [2.75, 3.05) is 13.1 Å².